The summed E-state index contributed by atoms with van der Waals surface area (Å²) in [5.74, 6) is 2.44. The summed E-state index contributed by atoms with van der Waals surface area (Å²) >= 11 is 1.63. The van der Waals surface area contributed by atoms with Gasteiger partial charge in [0.1, 0.15) is 27.9 Å². The van der Waals surface area contributed by atoms with Gasteiger partial charge in [0.25, 0.3) is 0 Å². The van der Waals surface area contributed by atoms with E-state index in [1.54, 1.807) is 24.5 Å². The average molecular weight is 421 g/mol. The van der Waals surface area contributed by atoms with Crippen LogP contribution in [0.4, 0.5) is 5.82 Å². The van der Waals surface area contributed by atoms with Gasteiger partial charge >= 0.3 is 0 Å². The Morgan fingerprint density at radius 2 is 2.03 bits per heavy atom. The maximum absolute atomic E-state index is 11.2. The SMILES string of the molecule is CC(=O)NC[C@H]1CC[C@H](c2nc(-c3nc4ccccc4s3)c3c(N)nccn32)CC1. The van der Waals surface area contributed by atoms with Crippen molar-refractivity contribution in [3.8, 4) is 10.7 Å². The first-order valence-corrected chi connectivity index (χ1v) is 11.1. The van der Waals surface area contributed by atoms with E-state index in [2.05, 4.69) is 20.8 Å². The Morgan fingerprint density at radius 3 is 2.80 bits per heavy atom. The Morgan fingerprint density at radius 1 is 1.23 bits per heavy atom. The summed E-state index contributed by atoms with van der Waals surface area (Å²) in [5.41, 5.74) is 8.92. The predicted octanol–water partition coefficient (Wildman–Crippen LogP) is 4.00. The summed E-state index contributed by atoms with van der Waals surface area (Å²) in [6.45, 7) is 2.34. The van der Waals surface area contributed by atoms with E-state index >= 15 is 0 Å². The Balaban J connectivity index is 1.50. The number of hydrogen-bond acceptors (Lipinski definition) is 6. The maximum Gasteiger partial charge on any atom is 0.216 e. The number of nitrogens with two attached hydrogens (primary N) is 1. The number of carbonyl (C=O) groups is 1. The third kappa shape index (κ3) is 3.41. The van der Waals surface area contributed by atoms with Crippen molar-refractivity contribution in [3.63, 3.8) is 0 Å². The van der Waals surface area contributed by atoms with Gasteiger partial charge in [-0.15, -0.1) is 11.3 Å². The van der Waals surface area contributed by atoms with Crippen molar-refractivity contribution in [2.45, 2.75) is 38.5 Å². The number of thiazole rings is 1. The molecule has 0 spiro atoms. The number of amides is 1. The van der Waals surface area contributed by atoms with Gasteiger partial charge in [-0.25, -0.2) is 15.0 Å². The van der Waals surface area contributed by atoms with Crippen LogP contribution in [0.5, 0.6) is 0 Å². The van der Waals surface area contributed by atoms with Crippen LogP contribution >= 0.6 is 11.3 Å². The lowest BCUT2D eigenvalue weighted by atomic mass is 9.81. The molecule has 3 aromatic heterocycles. The third-order valence-electron chi connectivity index (χ3n) is 5.96. The summed E-state index contributed by atoms with van der Waals surface area (Å²) in [6, 6.07) is 8.12. The highest BCUT2D eigenvalue weighted by Crippen LogP contribution is 2.39. The summed E-state index contributed by atoms with van der Waals surface area (Å²) in [5, 5.41) is 3.83. The molecule has 5 rings (SSSR count). The molecule has 0 saturated heterocycles. The minimum absolute atomic E-state index is 0.0415. The summed E-state index contributed by atoms with van der Waals surface area (Å²) in [7, 11) is 0. The molecular formula is C22H24N6OS. The lowest BCUT2D eigenvalue weighted by Gasteiger charge is -2.27. The number of aromatic nitrogens is 4. The molecule has 0 aliphatic heterocycles. The first-order chi connectivity index (χ1) is 14.6. The highest BCUT2D eigenvalue weighted by atomic mass is 32.1. The van der Waals surface area contributed by atoms with Crippen LogP contribution in [0, 0.1) is 5.92 Å². The quantitative estimate of drug-likeness (QED) is 0.520. The number of rotatable bonds is 4. The first kappa shape index (κ1) is 19.0. The smallest absolute Gasteiger partial charge is 0.216 e. The fourth-order valence-electron chi connectivity index (χ4n) is 4.41. The molecule has 8 heteroatoms. The lowest BCUT2D eigenvalue weighted by molar-refractivity contribution is -0.119. The van der Waals surface area contributed by atoms with Gasteiger partial charge in [0.15, 0.2) is 0 Å². The van der Waals surface area contributed by atoms with E-state index in [9.17, 15) is 4.79 Å². The zero-order valence-corrected chi connectivity index (χ0v) is 17.7. The first-order valence-electron chi connectivity index (χ1n) is 10.3. The second kappa shape index (κ2) is 7.68. The fraction of sp³-hybridized carbons (Fsp3) is 0.364. The molecule has 154 valence electrons. The number of imidazole rings is 1. The largest absolute Gasteiger partial charge is 0.382 e. The highest BCUT2D eigenvalue weighted by Gasteiger charge is 2.28. The van der Waals surface area contributed by atoms with Crippen LogP contribution in [-0.4, -0.2) is 31.8 Å². The number of carbonyl (C=O) groups excluding carboxylic acids is 1. The predicted molar refractivity (Wildman–Crippen MR) is 119 cm³/mol. The molecular weight excluding hydrogens is 396 g/mol. The van der Waals surface area contributed by atoms with Gasteiger partial charge in [0, 0.05) is 31.8 Å². The molecule has 1 aliphatic rings. The van der Waals surface area contributed by atoms with E-state index in [0.29, 0.717) is 17.7 Å². The van der Waals surface area contributed by atoms with Crippen molar-refractivity contribution in [3.05, 3.63) is 42.5 Å². The standard InChI is InChI=1S/C22H24N6OS/c1-13(29)25-12-14-6-8-15(9-7-14)21-27-18(19-20(23)24-10-11-28(19)21)22-26-16-4-2-3-5-17(16)30-22/h2-5,10-11,14-15H,6-9,12H2,1H3,(H2,23,24)(H,25,29)/t14-,15-. The molecule has 0 radical (unpaired) electrons. The van der Waals surface area contributed by atoms with Crippen molar-refractivity contribution in [2.24, 2.45) is 5.92 Å². The zero-order valence-electron chi connectivity index (χ0n) is 16.8. The number of anilines is 1. The Labute approximate surface area is 178 Å². The van der Waals surface area contributed by atoms with E-state index in [0.717, 1.165) is 64.5 Å². The molecule has 7 nitrogen and oxygen atoms in total. The van der Waals surface area contributed by atoms with Crippen LogP contribution < -0.4 is 11.1 Å². The monoisotopic (exact) mass is 420 g/mol. The topological polar surface area (TPSA) is 98.2 Å². The number of para-hydroxylation sites is 1. The third-order valence-corrected chi connectivity index (χ3v) is 7.00. The van der Waals surface area contributed by atoms with E-state index in [1.165, 1.54) is 0 Å². The molecule has 1 saturated carbocycles. The Hall–Kier alpha value is -3.00. The summed E-state index contributed by atoms with van der Waals surface area (Å²) in [4.78, 5) is 25.4. The molecule has 3 heterocycles. The highest BCUT2D eigenvalue weighted by molar-refractivity contribution is 7.21. The molecule has 4 aromatic rings. The van der Waals surface area contributed by atoms with Crippen molar-refractivity contribution in [2.75, 3.05) is 12.3 Å². The number of hydrogen-bond donors (Lipinski definition) is 2. The molecule has 1 aliphatic carbocycles. The molecule has 30 heavy (non-hydrogen) atoms. The molecule has 0 unspecified atom stereocenters. The van der Waals surface area contributed by atoms with Crippen LogP contribution in [0.1, 0.15) is 44.3 Å². The Kier molecular flexibility index (Phi) is 4.86. The molecule has 1 amide bonds. The number of nitrogens with one attached hydrogen (secondary N) is 1. The van der Waals surface area contributed by atoms with Crippen LogP contribution in [0.15, 0.2) is 36.7 Å². The van der Waals surface area contributed by atoms with Crippen LogP contribution in [0.3, 0.4) is 0 Å². The number of benzene rings is 1. The van der Waals surface area contributed by atoms with Gasteiger partial charge in [-0.3, -0.25) is 9.20 Å². The minimum Gasteiger partial charge on any atom is -0.382 e. The van der Waals surface area contributed by atoms with Crippen LogP contribution in [-0.2, 0) is 4.79 Å². The zero-order chi connectivity index (χ0) is 20.7. The van der Waals surface area contributed by atoms with E-state index in [-0.39, 0.29) is 5.91 Å². The van der Waals surface area contributed by atoms with E-state index in [4.69, 9.17) is 15.7 Å². The summed E-state index contributed by atoms with van der Waals surface area (Å²) < 4.78 is 3.24. The number of fused-ring (bicyclic) bond motifs is 2. The van der Waals surface area contributed by atoms with Gasteiger partial charge < -0.3 is 11.1 Å². The van der Waals surface area contributed by atoms with E-state index in [1.807, 2.05) is 24.4 Å². The van der Waals surface area contributed by atoms with Gasteiger partial charge in [0.2, 0.25) is 5.91 Å². The molecule has 0 bridgehead atoms. The lowest BCUT2D eigenvalue weighted by Crippen LogP contribution is -2.29. The van der Waals surface area contributed by atoms with Crippen molar-refractivity contribution in [1.82, 2.24) is 24.7 Å². The summed E-state index contributed by atoms with van der Waals surface area (Å²) in [6.07, 6.45) is 7.94. The molecule has 0 atom stereocenters. The van der Waals surface area contributed by atoms with Crippen molar-refractivity contribution >= 4 is 38.8 Å². The second-order valence-electron chi connectivity index (χ2n) is 7.99. The fourth-order valence-corrected chi connectivity index (χ4v) is 5.37. The van der Waals surface area contributed by atoms with Gasteiger partial charge in [0.05, 0.1) is 10.2 Å². The normalized spacial score (nSPS) is 19.4. The van der Waals surface area contributed by atoms with Crippen molar-refractivity contribution < 1.29 is 4.79 Å². The molecule has 1 fully saturated rings. The van der Waals surface area contributed by atoms with Gasteiger partial charge in [-0.2, -0.15) is 0 Å². The maximum atomic E-state index is 11.2. The minimum atomic E-state index is 0.0415. The Bertz CT molecular complexity index is 1190. The average Bonchev–Trinajstić information content (AvgIpc) is 3.35. The van der Waals surface area contributed by atoms with Gasteiger partial charge in [-0.05, 0) is 43.7 Å². The molecule has 1 aromatic carbocycles. The number of nitrogen functional groups attached to an aromatic ring is 1. The van der Waals surface area contributed by atoms with Gasteiger partial charge in [-0.1, -0.05) is 12.1 Å². The number of nitrogens with zero attached hydrogens (tertiary/aromatic N) is 4. The van der Waals surface area contributed by atoms with Crippen molar-refractivity contribution in [1.29, 1.82) is 0 Å². The van der Waals surface area contributed by atoms with Crippen LogP contribution in [0.25, 0.3) is 26.4 Å². The second-order valence-corrected chi connectivity index (χ2v) is 9.02. The molecule has 3 N–H and O–H groups in total. The van der Waals surface area contributed by atoms with E-state index < -0.39 is 0 Å². The van der Waals surface area contributed by atoms with Crippen LogP contribution in [0.2, 0.25) is 0 Å².